The van der Waals surface area contributed by atoms with Crippen LogP contribution in [-0.4, -0.2) is 15.2 Å². The summed E-state index contributed by atoms with van der Waals surface area (Å²) in [6.45, 7) is 1.67. The average molecular weight is 230 g/mol. The van der Waals surface area contributed by atoms with E-state index < -0.39 is 11.6 Å². The maximum Gasteiger partial charge on any atom is 0.184 e. The van der Waals surface area contributed by atoms with Gasteiger partial charge in [-0.15, -0.1) is 0 Å². The SMILES string of the molecule is Cc1nc(-c2cc(F)c(Cl)cc2F)n[nH]1. The average Bonchev–Trinajstić information content (AvgIpc) is 2.58. The lowest BCUT2D eigenvalue weighted by Crippen LogP contribution is -1.90. The number of benzene rings is 1. The van der Waals surface area contributed by atoms with Gasteiger partial charge in [-0.25, -0.2) is 13.8 Å². The van der Waals surface area contributed by atoms with Gasteiger partial charge in [-0.05, 0) is 19.1 Å². The van der Waals surface area contributed by atoms with Gasteiger partial charge in [0.05, 0.1) is 10.6 Å². The van der Waals surface area contributed by atoms with Crippen molar-refractivity contribution in [1.82, 2.24) is 15.2 Å². The van der Waals surface area contributed by atoms with Crippen molar-refractivity contribution >= 4 is 11.6 Å². The summed E-state index contributed by atoms with van der Waals surface area (Å²) in [6, 6.07) is 1.87. The third-order valence-corrected chi connectivity index (χ3v) is 2.14. The van der Waals surface area contributed by atoms with Gasteiger partial charge in [0.25, 0.3) is 0 Å². The molecule has 0 unspecified atom stereocenters. The standard InChI is InChI=1S/C9H6ClF2N3/c1-4-13-9(15-14-4)5-2-8(12)6(10)3-7(5)11/h2-3H,1H3,(H,13,14,15). The molecule has 0 bridgehead atoms. The number of rotatable bonds is 1. The van der Waals surface area contributed by atoms with Gasteiger partial charge in [0.2, 0.25) is 0 Å². The number of nitrogens with zero attached hydrogens (tertiary/aromatic N) is 2. The molecule has 0 amide bonds. The van der Waals surface area contributed by atoms with Crippen LogP contribution in [0.4, 0.5) is 8.78 Å². The zero-order chi connectivity index (χ0) is 11.0. The topological polar surface area (TPSA) is 41.6 Å². The zero-order valence-corrected chi connectivity index (χ0v) is 8.44. The van der Waals surface area contributed by atoms with Gasteiger partial charge in [0.15, 0.2) is 5.82 Å². The molecule has 0 aliphatic carbocycles. The molecule has 0 saturated carbocycles. The van der Waals surface area contributed by atoms with Gasteiger partial charge in [-0.3, -0.25) is 5.10 Å². The summed E-state index contributed by atoms with van der Waals surface area (Å²) in [6.07, 6.45) is 0. The normalized spacial score (nSPS) is 10.7. The molecule has 15 heavy (non-hydrogen) atoms. The molecule has 78 valence electrons. The van der Waals surface area contributed by atoms with Crippen LogP contribution >= 0.6 is 11.6 Å². The van der Waals surface area contributed by atoms with E-state index in [0.717, 1.165) is 12.1 Å². The molecule has 2 aromatic rings. The number of aromatic nitrogens is 3. The number of H-pyrrole nitrogens is 1. The summed E-state index contributed by atoms with van der Waals surface area (Å²) in [5, 5.41) is 6.02. The largest absolute Gasteiger partial charge is 0.263 e. The van der Waals surface area contributed by atoms with Crippen LogP contribution in [0.3, 0.4) is 0 Å². The van der Waals surface area contributed by atoms with Crippen LogP contribution in [0.1, 0.15) is 5.82 Å². The van der Waals surface area contributed by atoms with E-state index in [9.17, 15) is 8.78 Å². The maximum atomic E-state index is 13.4. The van der Waals surface area contributed by atoms with Crippen molar-refractivity contribution in [2.75, 3.05) is 0 Å². The van der Waals surface area contributed by atoms with E-state index in [4.69, 9.17) is 11.6 Å². The molecular formula is C9H6ClF2N3. The van der Waals surface area contributed by atoms with Crippen LogP contribution in [0, 0.1) is 18.6 Å². The third kappa shape index (κ3) is 1.83. The summed E-state index contributed by atoms with van der Waals surface area (Å²) in [7, 11) is 0. The Morgan fingerprint density at radius 1 is 1.27 bits per heavy atom. The van der Waals surface area contributed by atoms with E-state index in [-0.39, 0.29) is 16.4 Å². The lowest BCUT2D eigenvalue weighted by molar-refractivity contribution is 0.602. The highest BCUT2D eigenvalue weighted by molar-refractivity contribution is 6.30. The molecule has 1 aromatic carbocycles. The Morgan fingerprint density at radius 2 is 2.00 bits per heavy atom. The summed E-state index contributed by atoms with van der Waals surface area (Å²) < 4.78 is 26.5. The van der Waals surface area contributed by atoms with Crippen molar-refractivity contribution in [3.05, 3.63) is 34.6 Å². The Kier molecular flexibility index (Phi) is 2.40. The summed E-state index contributed by atoms with van der Waals surface area (Å²) in [4.78, 5) is 3.90. The Hall–Kier alpha value is -1.49. The Labute approximate surface area is 89.1 Å². The molecule has 0 aliphatic rings. The number of hydrogen-bond donors (Lipinski definition) is 1. The fraction of sp³-hybridized carbons (Fsp3) is 0.111. The second-order valence-electron chi connectivity index (χ2n) is 2.99. The zero-order valence-electron chi connectivity index (χ0n) is 7.68. The van der Waals surface area contributed by atoms with E-state index in [2.05, 4.69) is 15.2 Å². The predicted molar refractivity (Wildman–Crippen MR) is 51.5 cm³/mol. The molecule has 1 aromatic heterocycles. The van der Waals surface area contributed by atoms with Gasteiger partial charge < -0.3 is 0 Å². The maximum absolute atomic E-state index is 13.4. The fourth-order valence-electron chi connectivity index (χ4n) is 1.16. The number of halogens is 3. The van der Waals surface area contributed by atoms with Crippen LogP contribution in [0.5, 0.6) is 0 Å². The predicted octanol–water partition coefficient (Wildman–Crippen LogP) is 2.71. The minimum absolute atomic E-state index is 0.0127. The molecule has 2 rings (SSSR count). The quantitative estimate of drug-likeness (QED) is 0.764. The molecule has 0 fully saturated rings. The second kappa shape index (κ2) is 3.58. The van der Waals surface area contributed by atoms with Crippen molar-refractivity contribution in [3.63, 3.8) is 0 Å². The van der Waals surface area contributed by atoms with E-state index >= 15 is 0 Å². The van der Waals surface area contributed by atoms with Crippen molar-refractivity contribution in [2.45, 2.75) is 6.92 Å². The number of hydrogen-bond acceptors (Lipinski definition) is 2. The molecule has 6 heteroatoms. The van der Waals surface area contributed by atoms with Gasteiger partial charge in [-0.2, -0.15) is 5.10 Å². The highest BCUT2D eigenvalue weighted by Crippen LogP contribution is 2.25. The van der Waals surface area contributed by atoms with Crippen LogP contribution in [0.15, 0.2) is 12.1 Å². The molecule has 0 spiro atoms. The third-order valence-electron chi connectivity index (χ3n) is 1.85. The lowest BCUT2D eigenvalue weighted by Gasteiger charge is -1.99. The van der Waals surface area contributed by atoms with Crippen molar-refractivity contribution in [2.24, 2.45) is 0 Å². The first-order valence-electron chi connectivity index (χ1n) is 4.12. The first-order chi connectivity index (χ1) is 7.08. The molecule has 0 saturated heterocycles. The molecular weight excluding hydrogens is 224 g/mol. The number of aryl methyl sites for hydroxylation is 1. The van der Waals surface area contributed by atoms with Crippen molar-refractivity contribution < 1.29 is 8.78 Å². The van der Waals surface area contributed by atoms with Crippen LogP contribution in [0.25, 0.3) is 11.4 Å². The first-order valence-corrected chi connectivity index (χ1v) is 4.49. The van der Waals surface area contributed by atoms with Gasteiger partial charge >= 0.3 is 0 Å². The van der Waals surface area contributed by atoms with Crippen LogP contribution < -0.4 is 0 Å². The molecule has 3 nitrogen and oxygen atoms in total. The van der Waals surface area contributed by atoms with E-state index in [1.165, 1.54) is 0 Å². The highest BCUT2D eigenvalue weighted by atomic mass is 35.5. The van der Waals surface area contributed by atoms with E-state index in [0.29, 0.717) is 5.82 Å². The van der Waals surface area contributed by atoms with Crippen LogP contribution in [0.2, 0.25) is 5.02 Å². The summed E-state index contributed by atoms with van der Waals surface area (Å²) in [5.74, 6) is -0.712. The van der Waals surface area contributed by atoms with Crippen LogP contribution in [-0.2, 0) is 0 Å². The van der Waals surface area contributed by atoms with E-state index in [1.807, 2.05) is 0 Å². The Bertz CT molecular complexity index is 510. The lowest BCUT2D eigenvalue weighted by atomic mass is 10.2. The summed E-state index contributed by atoms with van der Waals surface area (Å²) in [5.41, 5.74) is -0.0127. The number of aromatic amines is 1. The van der Waals surface area contributed by atoms with Gasteiger partial charge in [-0.1, -0.05) is 11.6 Å². The minimum Gasteiger partial charge on any atom is -0.263 e. The fourth-order valence-corrected chi connectivity index (χ4v) is 1.31. The second-order valence-corrected chi connectivity index (χ2v) is 3.40. The Morgan fingerprint density at radius 3 is 2.60 bits per heavy atom. The van der Waals surface area contributed by atoms with Gasteiger partial charge in [0, 0.05) is 0 Å². The molecule has 1 N–H and O–H groups in total. The summed E-state index contributed by atoms with van der Waals surface area (Å²) >= 11 is 5.41. The monoisotopic (exact) mass is 229 g/mol. The number of nitrogens with one attached hydrogen (secondary N) is 1. The smallest absolute Gasteiger partial charge is 0.184 e. The highest BCUT2D eigenvalue weighted by Gasteiger charge is 2.13. The molecule has 0 aliphatic heterocycles. The van der Waals surface area contributed by atoms with Crippen molar-refractivity contribution in [1.29, 1.82) is 0 Å². The molecule has 1 heterocycles. The molecule has 0 atom stereocenters. The van der Waals surface area contributed by atoms with E-state index in [1.54, 1.807) is 6.92 Å². The van der Waals surface area contributed by atoms with Crippen molar-refractivity contribution in [3.8, 4) is 11.4 Å². The molecule has 0 radical (unpaired) electrons. The Balaban J connectivity index is 2.58. The van der Waals surface area contributed by atoms with Gasteiger partial charge in [0.1, 0.15) is 17.5 Å². The minimum atomic E-state index is -0.699. The first kappa shape index (κ1) is 10.0.